The molecule has 296 valence electrons. The summed E-state index contributed by atoms with van der Waals surface area (Å²) in [7, 11) is 0. The number of nitro benzene ring substituents is 1. The van der Waals surface area contributed by atoms with Gasteiger partial charge in [-0.15, -0.1) is 0 Å². The zero-order valence-corrected chi connectivity index (χ0v) is 40.9. The number of ether oxygens (including phenoxy) is 3. The van der Waals surface area contributed by atoms with Crippen molar-refractivity contribution in [1.82, 2.24) is 5.32 Å². The van der Waals surface area contributed by atoms with Crippen LogP contribution in [-0.2, 0) is 28.6 Å². The van der Waals surface area contributed by atoms with Crippen LogP contribution < -0.4 is 5.32 Å². The molecular weight excluding hydrogens is 1160 g/mol. The molecule has 16 nitrogen and oxygen atoms in total. The van der Waals surface area contributed by atoms with E-state index in [4.69, 9.17) is 14.2 Å². The van der Waals surface area contributed by atoms with Crippen LogP contribution in [0.25, 0.3) is 0 Å². The standard InChI is InChI=1S/C38H44N2O14.2Ac/c1-18-23(53-34(47)29(44)27(39-19(2)41)20-11-13-22(14-12-20)40(50)51)16-38(49)32(54-33(46)21-9-7-6-8-10-21)30-36(5,24(42)15-25-37(30,48)17-52-25)31(45)28(43)26(18)35(38,3)4;;/h6-14,23-25,27-30,32,42-44,48-49H,15-17H2,1-5H3,(H,39,41);;/t23?,24?,25?,27?,28?,29?,30?,32?,36-,37+,38?;;/m1../s1. The number of nitro groups is 1. The zero-order valence-electron chi connectivity index (χ0n) is 31.4. The number of nitrogens with one attached hydrogen (secondary N) is 1. The van der Waals surface area contributed by atoms with Gasteiger partial charge in [-0.05, 0) is 42.7 Å². The number of amides is 1. The molecular formula is C38H44Ac2N2O14. The van der Waals surface area contributed by atoms with E-state index in [1.807, 2.05) is 0 Å². The second-order valence-electron chi connectivity index (χ2n) is 15.5. The number of fused-ring (bicyclic) bond motifs is 5. The van der Waals surface area contributed by atoms with E-state index in [1.54, 1.807) is 18.2 Å². The quantitative estimate of drug-likeness (QED) is 0.0942. The fourth-order valence-electron chi connectivity index (χ4n) is 9.09. The molecule has 2 aromatic rings. The molecule has 3 aliphatic carbocycles. The minimum atomic E-state index is -2.35. The number of hydrogen-bond acceptors (Lipinski definition) is 14. The van der Waals surface area contributed by atoms with Crippen molar-refractivity contribution in [3.8, 4) is 0 Å². The van der Waals surface area contributed by atoms with Gasteiger partial charge in [0.05, 0.1) is 40.8 Å². The molecule has 18 heteroatoms. The monoisotopic (exact) mass is 1210 g/mol. The number of carbonyl (C=O) groups excluding carboxylic acids is 4. The predicted molar refractivity (Wildman–Crippen MR) is 185 cm³/mol. The SMILES string of the molecule is CC(=O)NC(c1ccc([N+](=O)[O-])cc1)C(O)C(=O)OC1CC2(O)C(OC(=O)c3ccccc3)C3[C@]4(O)COC4CC(O)[C@@]3(C)C(=O)C(O)C(=C1C)C2(C)C.[Ac].[Ac]. The summed E-state index contributed by atoms with van der Waals surface area (Å²) in [5.41, 5.74) is -7.95. The van der Waals surface area contributed by atoms with Crippen LogP contribution in [0.1, 0.15) is 69.4 Å². The molecule has 1 saturated heterocycles. The first-order chi connectivity index (χ1) is 25.2. The van der Waals surface area contributed by atoms with Crippen LogP contribution in [0.5, 0.6) is 0 Å². The van der Waals surface area contributed by atoms with Gasteiger partial charge in [0.15, 0.2) is 11.9 Å². The molecule has 1 amide bonds. The third kappa shape index (κ3) is 7.63. The van der Waals surface area contributed by atoms with Gasteiger partial charge in [0.25, 0.3) is 5.69 Å². The summed E-state index contributed by atoms with van der Waals surface area (Å²) >= 11 is 0. The molecule has 0 aromatic heterocycles. The molecule has 3 fully saturated rings. The molecule has 4 aliphatic rings. The Morgan fingerprint density at radius 1 is 1.00 bits per heavy atom. The van der Waals surface area contributed by atoms with Gasteiger partial charge >= 0.3 is 11.9 Å². The first-order valence-electron chi connectivity index (χ1n) is 17.5. The number of aliphatic hydroxyl groups excluding tert-OH is 3. The van der Waals surface area contributed by atoms with Gasteiger partial charge in [-0.25, -0.2) is 9.59 Å². The van der Waals surface area contributed by atoms with E-state index in [-0.39, 0.29) is 129 Å². The van der Waals surface area contributed by atoms with E-state index in [2.05, 4.69) is 5.32 Å². The van der Waals surface area contributed by atoms with Crippen molar-refractivity contribution in [1.29, 1.82) is 0 Å². The summed E-state index contributed by atoms with van der Waals surface area (Å²) in [5.74, 6) is -5.38. The second-order valence-corrected chi connectivity index (χ2v) is 15.5. The van der Waals surface area contributed by atoms with Gasteiger partial charge in [0, 0.05) is 131 Å². The fourth-order valence-corrected chi connectivity index (χ4v) is 9.09. The van der Waals surface area contributed by atoms with Crippen molar-refractivity contribution in [3.05, 3.63) is 87.0 Å². The van der Waals surface area contributed by atoms with Gasteiger partial charge in [-0.2, -0.15) is 0 Å². The molecule has 2 radical (unpaired) electrons. The van der Waals surface area contributed by atoms with E-state index in [0.717, 1.165) is 19.1 Å². The maximum atomic E-state index is 14.6. The summed E-state index contributed by atoms with van der Waals surface area (Å²) in [5, 5.41) is 73.9. The van der Waals surface area contributed by atoms with Crippen molar-refractivity contribution < 1.29 is 152 Å². The largest absolute Gasteiger partial charge is 0.456 e. The van der Waals surface area contributed by atoms with Crippen molar-refractivity contribution in [2.45, 2.75) is 101 Å². The summed E-state index contributed by atoms with van der Waals surface area (Å²) in [4.78, 5) is 65.0. The maximum absolute atomic E-state index is 14.6. The number of aliphatic hydroxyl groups is 5. The summed E-state index contributed by atoms with van der Waals surface area (Å²) in [6.07, 6.45) is -10.7. The third-order valence-electron chi connectivity index (χ3n) is 12.3. The Morgan fingerprint density at radius 3 is 2.14 bits per heavy atom. The Kier molecular flexibility index (Phi) is 14.4. The van der Waals surface area contributed by atoms with Crippen LogP contribution in [0, 0.1) is 115 Å². The van der Waals surface area contributed by atoms with Crippen molar-refractivity contribution in [2.24, 2.45) is 16.7 Å². The molecule has 1 aliphatic heterocycles. The molecule has 6 rings (SSSR count). The Morgan fingerprint density at radius 2 is 1.61 bits per heavy atom. The average molecular weight is 1210 g/mol. The minimum Gasteiger partial charge on any atom is -0.456 e. The number of benzene rings is 2. The van der Waals surface area contributed by atoms with Crippen LogP contribution in [0.15, 0.2) is 65.7 Å². The molecule has 11 atom stereocenters. The van der Waals surface area contributed by atoms with Crippen molar-refractivity contribution in [3.63, 3.8) is 0 Å². The molecule has 0 spiro atoms. The Bertz CT molecular complexity index is 1910. The second kappa shape index (κ2) is 17.1. The first-order valence-corrected chi connectivity index (χ1v) is 17.5. The van der Waals surface area contributed by atoms with E-state index in [9.17, 15) is 54.8 Å². The number of nitrogens with zero attached hydrogens (tertiary/aromatic N) is 1. The van der Waals surface area contributed by atoms with Crippen LogP contribution in [0.2, 0.25) is 0 Å². The van der Waals surface area contributed by atoms with Crippen LogP contribution in [-0.4, -0.2) is 109 Å². The van der Waals surface area contributed by atoms with E-state index >= 15 is 0 Å². The number of rotatable bonds is 8. The number of esters is 2. The number of hydrogen-bond donors (Lipinski definition) is 6. The van der Waals surface area contributed by atoms with Gasteiger partial charge in [-0.1, -0.05) is 44.2 Å². The molecule has 2 aromatic carbocycles. The molecule has 6 N–H and O–H groups in total. The molecule has 9 unspecified atom stereocenters. The van der Waals surface area contributed by atoms with Gasteiger partial charge in [0.1, 0.15) is 29.5 Å². The summed E-state index contributed by atoms with van der Waals surface area (Å²) < 4.78 is 17.6. The zero-order chi connectivity index (χ0) is 39.7. The minimum absolute atomic E-state index is 0. The van der Waals surface area contributed by atoms with Crippen LogP contribution in [0.4, 0.5) is 5.69 Å². The smallest absolute Gasteiger partial charge is 0.338 e. The van der Waals surface area contributed by atoms with Gasteiger partial charge in [-0.3, -0.25) is 19.7 Å². The number of non-ortho nitro benzene ring substituents is 1. The summed E-state index contributed by atoms with van der Waals surface area (Å²) in [6, 6.07) is 11.1. The fraction of sp³-hybridized carbons (Fsp3) is 0.526. The molecule has 2 bridgehead atoms. The topological polar surface area (TPSA) is 252 Å². The van der Waals surface area contributed by atoms with E-state index in [0.29, 0.717) is 0 Å². The van der Waals surface area contributed by atoms with Crippen molar-refractivity contribution in [2.75, 3.05) is 6.61 Å². The molecule has 1 heterocycles. The van der Waals surface area contributed by atoms with E-state index in [1.165, 1.54) is 52.0 Å². The normalized spacial score (nSPS) is 33.9. The Labute approximate surface area is 394 Å². The van der Waals surface area contributed by atoms with Gasteiger partial charge < -0.3 is 45.1 Å². The average Bonchev–Trinajstić information content (AvgIpc) is 3.12. The number of Topliss-reactive ketones (excluding diaryl/α,β-unsaturated/α-hetero) is 1. The van der Waals surface area contributed by atoms with Crippen LogP contribution in [0.3, 0.4) is 0 Å². The Balaban J connectivity index is 0.00000348. The molecule has 56 heavy (non-hydrogen) atoms. The van der Waals surface area contributed by atoms with E-state index < -0.39 is 106 Å². The summed E-state index contributed by atoms with van der Waals surface area (Å²) in [6.45, 7) is 6.64. The predicted octanol–water partition coefficient (Wildman–Crippen LogP) is 1.21. The van der Waals surface area contributed by atoms with Gasteiger partial charge in [0.2, 0.25) is 5.91 Å². The van der Waals surface area contributed by atoms with Crippen molar-refractivity contribution >= 4 is 29.3 Å². The Hall–Kier alpha value is -1.70. The van der Waals surface area contributed by atoms with Crippen LogP contribution >= 0.6 is 0 Å². The number of ketones is 1. The first kappa shape index (κ1) is 47.0. The number of carbonyl (C=O) groups is 4. The molecule has 2 saturated carbocycles. The third-order valence-corrected chi connectivity index (χ3v) is 12.3. The maximum Gasteiger partial charge on any atom is 0.338 e.